The second-order valence-corrected chi connectivity index (χ2v) is 7.70. The van der Waals surface area contributed by atoms with Crippen LogP contribution in [0.5, 0.6) is 0 Å². The zero-order valence-electron chi connectivity index (χ0n) is 16.9. The number of rotatable bonds is 10. The molecule has 5 atom stereocenters. The van der Waals surface area contributed by atoms with Gasteiger partial charge in [0, 0.05) is 18.8 Å². The predicted octanol–water partition coefficient (Wildman–Crippen LogP) is 3.08. The second-order valence-electron chi connectivity index (χ2n) is 7.70. The van der Waals surface area contributed by atoms with Gasteiger partial charge in [0.1, 0.15) is 17.4 Å². The molecule has 1 saturated heterocycles. The van der Waals surface area contributed by atoms with E-state index in [9.17, 15) is 24.9 Å². The van der Waals surface area contributed by atoms with Crippen LogP contribution in [0.25, 0.3) is 0 Å². The fraction of sp³-hybridized carbons (Fsp3) is 0.714. The Morgan fingerprint density at radius 1 is 1.33 bits per heavy atom. The van der Waals surface area contributed by atoms with Crippen LogP contribution in [0.4, 0.5) is 0 Å². The van der Waals surface area contributed by atoms with E-state index in [1.165, 1.54) is 0 Å². The van der Waals surface area contributed by atoms with Crippen molar-refractivity contribution >= 4 is 11.8 Å². The molecule has 0 aromatic rings. The lowest BCUT2D eigenvalue weighted by Gasteiger charge is -2.23. The van der Waals surface area contributed by atoms with E-state index in [-0.39, 0.29) is 54.3 Å². The first-order chi connectivity index (χ1) is 12.7. The molecule has 6 nitrogen and oxygen atoms in total. The molecule has 1 fully saturated rings. The number of hydrogen-bond acceptors (Lipinski definition) is 6. The van der Waals surface area contributed by atoms with Gasteiger partial charge in [-0.1, -0.05) is 39.3 Å². The Kier molecular flexibility index (Phi) is 9.74. The fourth-order valence-corrected chi connectivity index (χ4v) is 3.10. The standard InChI is InChI=1S/C21H34O6/c1-5-14(3)20(25)16(12-22)8-6-7-13(2)9-10-17(23)19-18(24)11-15(4)27-21(19)26/h6,8,13-16,20,22-23,25H,5,7,9-12H2,1-4H3/b8-6+,19-17-/t13-,14-,15+,16-,20+/m0/s1. The molecule has 3 N–H and O–H groups in total. The second kappa shape index (κ2) is 11.2. The molecule has 27 heavy (non-hydrogen) atoms. The van der Waals surface area contributed by atoms with Crippen molar-refractivity contribution < 1.29 is 29.6 Å². The minimum atomic E-state index is -0.742. The first-order valence-corrected chi connectivity index (χ1v) is 9.83. The lowest BCUT2D eigenvalue weighted by molar-refractivity contribution is -0.150. The Hall–Kier alpha value is -1.66. The first kappa shape index (κ1) is 23.4. The summed E-state index contributed by atoms with van der Waals surface area (Å²) in [5.41, 5.74) is -0.215. The normalized spacial score (nSPS) is 24.4. The lowest BCUT2D eigenvalue weighted by Crippen LogP contribution is -2.31. The maximum atomic E-state index is 11.9. The van der Waals surface area contributed by atoms with Gasteiger partial charge in [0.05, 0.1) is 12.7 Å². The van der Waals surface area contributed by atoms with E-state index in [4.69, 9.17) is 4.74 Å². The van der Waals surface area contributed by atoms with Crippen molar-refractivity contribution in [3.8, 4) is 0 Å². The molecule has 0 spiro atoms. The fourth-order valence-electron chi connectivity index (χ4n) is 3.10. The van der Waals surface area contributed by atoms with Gasteiger partial charge >= 0.3 is 5.97 Å². The number of esters is 1. The third-order valence-corrected chi connectivity index (χ3v) is 5.22. The van der Waals surface area contributed by atoms with Gasteiger partial charge in [0.2, 0.25) is 0 Å². The molecule has 0 unspecified atom stereocenters. The Morgan fingerprint density at radius 3 is 2.56 bits per heavy atom. The van der Waals surface area contributed by atoms with Gasteiger partial charge in [-0.05, 0) is 31.6 Å². The van der Waals surface area contributed by atoms with Crippen molar-refractivity contribution in [2.24, 2.45) is 17.8 Å². The summed E-state index contributed by atoms with van der Waals surface area (Å²) in [6, 6.07) is 0. The molecule has 154 valence electrons. The smallest absolute Gasteiger partial charge is 0.345 e. The number of ether oxygens (including phenoxy) is 1. The Bertz CT molecular complexity index is 545. The Morgan fingerprint density at radius 2 is 2.00 bits per heavy atom. The van der Waals surface area contributed by atoms with Gasteiger partial charge in [0.15, 0.2) is 5.78 Å². The van der Waals surface area contributed by atoms with E-state index in [1.54, 1.807) is 6.92 Å². The Balaban J connectivity index is 2.55. The van der Waals surface area contributed by atoms with Gasteiger partial charge in [-0.3, -0.25) is 4.79 Å². The van der Waals surface area contributed by atoms with Crippen LogP contribution >= 0.6 is 0 Å². The van der Waals surface area contributed by atoms with Gasteiger partial charge in [0.25, 0.3) is 0 Å². The molecular formula is C21H34O6. The summed E-state index contributed by atoms with van der Waals surface area (Å²) in [4.78, 5) is 23.8. The first-order valence-electron chi connectivity index (χ1n) is 9.83. The van der Waals surface area contributed by atoms with E-state index in [2.05, 4.69) is 0 Å². The average molecular weight is 382 g/mol. The number of allylic oxidation sites excluding steroid dienone is 2. The van der Waals surface area contributed by atoms with Crippen molar-refractivity contribution in [2.75, 3.05) is 6.61 Å². The van der Waals surface area contributed by atoms with Crippen LogP contribution in [-0.2, 0) is 14.3 Å². The predicted molar refractivity (Wildman–Crippen MR) is 103 cm³/mol. The van der Waals surface area contributed by atoms with E-state index in [1.807, 2.05) is 32.9 Å². The van der Waals surface area contributed by atoms with Crippen molar-refractivity contribution in [1.29, 1.82) is 0 Å². The van der Waals surface area contributed by atoms with Gasteiger partial charge in [-0.2, -0.15) is 0 Å². The van der Waals surface area contributed by atoms with Crippen LogP contribution in [0, 0.1) is 17.8 Å². The summed E-state index contributed by atoms with van der Waals surface area (Å²) in [5.74, 6) is -1.28. The van der Waals surface area contributed by atoms with Crippen molar-refractivity contribution in [3.05, 3.63) is 23.5 Å². The maximum absolute atomic E-state index is 11.9. The minimum Gasteiger partial charge on any atom is -0.511 e. The molecule has 1 aliphatic rings. The number of carbonyl (C=O) groups excluding carboxylic acids is 2. The highest BCUT2D eigenvalue weighted by Gasteiger charge is 2.32. The highest BCUT2D eigenvalue weighted by Crippen LogP contribution is 2.23. The molecule has 1 aliphatic heterocycles. The topological polar surface area (TPSA) is 104 Å². The molecule has 0 radical (unpaired) electrons. The van der Waals surface area contributed by atoms with Crippen LogP contribution < -0.4 is 0 Å². The molecule has 0 bridgehead atoms. The number of carbonyl (C=O) groups is 2. The molecular weight excluding hydrogens is 348 g/mol. The number of hydrogen-bond donors (Lipinski definition) is 3. The zero-order chi connectivity index (χ0) is 20.6. The minimum absolute atomic E-state index is 0.102. The van der Waals surface area contributed by atoms with Crippen LogP contribution in [-0.4, -0.2) is 45.9 Å². The van der Waals surface area contributed by atoms with Crippen LogP contribution in [0.2, 0.25) is 0 Å². The van der Waals surface area contributed by atoms with Crippen molar-refractivity contribution in [1.82, 2.24) is 0 Å². The van der Waals surface area contributed by atoms with E-state index in [0.717, 1.165) is 6.42 Å². The molecule has 1 rings (SSSR count). The van der Waals surface area contributed by atoms with E-state index >= 15 is 0 Å². The summed E-state index contributed by atoms with van der Waals surface area (Å²) in [7, 11) is 0. The van der Waals surface area contributed by atoms with Crippen molar-refractivity contribution in [2.45, 2.75) is 72.0 Å². The van der Waals surface area contributed by atoms with Crippen LogP contribution in [0.15, 0.2) is 23.5 Å². The average Bonchev–Trinajstić information content (AvgIpc) is 2.61. The van der Waals surface area contributed by atoms with E-state index < -0.39 is 18.2 Å². The number of cyclic esters (lactones) is 1. The SMILES string of the molecule is CC[C@H](C)[C@@H](O)[C@@H](/C=C/C[C@H](C)CC/C(O)=C1\C(=O)C[C@@H](C)OC1=O)CO. The number of ketones is 1. The largest absolute Gasteiger partial charge is 0.511 e. The summed E-state index contributed by atoms with van der Waals surface area (Å²) in [5, 5.41) is 29.8. The molecule has 0 amide bonds. The van der Waals surface area contributed by atoms with Crippen LogP contribution in [0.3, 0.4) is 0 Å². The number of Topliss-reactive ketones (excluding diaryl/α,β-unsaturated/α-hetero) is 1. The molecule has 0 aromatic carbocycles. The summed E-state index contributed by atoms with van der Waals surface area (Å²) < 4.78 is 5.02. The van der Waals surface area contributed by atoms with Gasteiger partial charge in [-0.15, -0.1) is 0 Å². The van der Waals surface area contributed by atoms with Crippen molar-refractivity contribution in [3.63, 3.8) is 0 Å². The highest BCUT2D eigenvalue weighted by atomic mass is 16.5. The lowest BCUT2D eigenvalue weighted by atomic mass is 9.89. The molecule has 6 heteroatoms. The number of aliphatic hydroxyl groups excluding tert-OH is 3. The van der Waals surface area contributed by atoms with Crippen LogP contribution in [0.1, 0.15) is 59.8 Å². The van der Waals surface area contributed by atoms with E-state index in [0.29, 0.717) is 12.8 Å². The summed E-state index contributed by atoms with van der Waals surface area (Å²) in [6.07, 6.45) is 5.24. The van der Waals surface area contributed by atoms with Gasteiger partial charge < -0.3 is 20.1 Å². The Labute approximate surface area is 161 Å². The molecule has 0 aromatic heterocycles. The molecule has 0 aliphatic carbocycles. The summed E-state index contributed by atoms with van der Waals surface area (Å²) in [6.45, 7) is 7.51. The third kappa shape index (κ3) is 7.11. The van der Waals surface area contributed by atoms with Gasteiger partial charge in [-0.25, -0.2) is 4.79 Å². The monoisotopic (exact) mass is 382 g/mol. The maximum Gasteiger partial charge on any atom is 0.345 e. The third-order valence-electron chi connectivity index (χ3n) is 5.22. The molecule has 0 saturated carbocycles. The highest BCUT2D eigenvalue weighted by molar-refractivity contribution is 6.19. The molecule has 1 heterocycles. The quantitative estimate of drug-likeness (QED) is 0.176. The number of aliphatic hydroxyl groups is 3. The zero-order valence-corrected chi connectivity index (χ0v) is 16.9. The summed E-state index contributed by atoms with van der Waals surface area (Å²) >= 11 is 0.